The Labute approximate surface area is 127 Å². The Morgan fingerprint density at radius 2 is 1.76 bits per heavy atom. The van der Waals surface area contributed by atoms with Gasteiger partial charge in [0.15, 0.2) is 5.13 Å². The van der Waals surface area contributed by atoms with E-state index >= 15 is 0 Å². The van der Waals surface area contributed by atoms with Crippen molar-refractivity contribution in [2.45, 2.75) is 13.5 Å². The molecule has 0 saturated heterocycles. The molecular formula is C17H15FN2S. The van der Waals surface area contributed by atoms with E-state index in [2.05, 4.69) is 22.4 Å². The predicted molar refractivity (Wildman–Crippen MR) is 86.0 cm³/mol. The average molecular weight is 298 g/mol. The number of anilines is 1. The lowest BCUT2D eigenvalue weighted by molar-refractivity contribution is 0.631. The van der Waals surface area contributed by atoms with Crippen molar-refractivity contribution in [3.63, 3.8) is 0 Å². The summed E-state index contributed by atoms with van der Waals surface area (Å²) in [6.07, 6.45) is 0. The average Bonchev–Trinajstić information content (AvgIpc) is 2.88. The number of benzene rings is 2. The Bertz CT molecular complexity index is 738. The number of aromatic nitrogens is 1. The molecule has 0 fully saturated rings. The molecule has 0 bridgehead atoms. The Kier molecular flexibility index (Phi) is 3.97. The van der Waals surface area contributed by atoms with Crippen molar-refractivity contribution in [2.24, 2.45) is 0 Å². The second-order valence-electron chi connectivity index (χ2n) is 4.75. The normalized spacial score (nSPS) is 10.6. The zero-order valence-electron chi connectivity index (χ0n) is 11.6. The molecule has 106 valence electrons. The first-order chi connectivity index (χ1) is 10.2. The van der Waals surface area contributed by atoms with Crippen LogP contribution in [0, 0.1) is 12.7 Å². The van der Waals surface area contributed by atoms with Crippen molar-refractivity contribution in [1.82, 2.24) is 4.98 Å². The third-order valence-corrected chi connectivity index (χ3v) is 4.35. The minimum absolute atomic E-state index is 0.209. The standard InChI is InChI=1S/C17H15FN2S/c1-12-16(14-9-5-6-10-15(14)18)21-17(20-12)19-11-13-7-3-2-4-8-13/h2-10H,11H2,1H3,(H,19,20). The van der Waals surface area contributed by atoms with Gasteiger partial charge < -0.3 is 5.32 Å². The number of hydrogen-bond donors (Lipinski definition) is 1. The summed E-state index contributed by atoms with van der Waals surface area (Å²) in [6.45, 7) is 2.62. The topological polar surface area (TPSA) is 24.9 Å². The van der Waals surface area contributed by atoms with Crippen molar-refractivity contribution in [2.75, 3.05) is 5.32 Å². The molecule has 0 saturated carbocycles. The zero-order chi connectivity index (χ0) is 14.7. The van der Waals surface area contributed by atoms with E-state index in [1.165, 1.54) is 23.0 Å². The summed E-state index contributed by atoms with van der Waals surface area (Å²) < 4.78 is 13.9. The quantitative estimate of drug-likeness (QED) is 0.743. The maximum Gasteiger partial charge on any atom is 0.183 e. The van der Waals surface area contributed by atoms with E-state index in [0.717, 1.165) is 15.7 Å². The molecule has 0 spiro atoms. The first-order valence-corrected chi connectivity index (χ1v) is 7.56. The summed E-state index contributed by atoms with van der Waals surface area (Å²) in [7, 11) is 0. The summed E-state index contributed by atoms with van der Waals surface area (Å²) >= 11 is 1.48. The van der Waals surface area contributed by atoms with Crippen LogP contribution in [-0.2, 0) is 6.54 Å². The fourth-order valence-electron chi connectivity index (χ4n) is 2.14. The molecule has 1 aromatic heterocycles. The van der Waals surface area contributed by atoms with E-state index in [-0.39, 0.29) is 5.82 Å². The predicted octanol–water partition coefficient (Wildman–Crippen LogP) is 4.87. The molecule has 21 heavy (non-hydrogen) atoms. The van der Waals surface area contributed by atoms with Crippen LogP contribution in [-0.4, -0.2) is 4.98 Å². The monoisotopic (exact) mass is 298 g/mol. The lowest BCUT2D eigenvalue weighted by Gasteiger charge is -2.02. The molecule has 0 unspecified atom stereocenters. The second kappa shape index (κ2) is 6.06. The molecule has 2 aromatic carbocycles. The molecule has 0 aliphatic carbocycles. The van der Waals surface area contributed by atoms with Crippen LogP contribution in [0.15, 0.2) is 54.6 Å². The van der Waals surface area contributed by atoms with Gasteiger partial charge in [0.25, 0.3) is 0 Å². The molecule has 0 atom stereocenters. The molecule has 0 amide bonds. The molecule has 3 aromatic rings. The van der Waals surface area contributed by atoms with Crippen molar-refractivity contribution in [3.05, 3.63) is 71.7 Å². The third kappa shape index (κ3) is 3.11. The minimum Gasteiger partial charge on any atom is -0.357 e. The summed E-state index contributed by atoms with van der Waals surface area (Å²) in [5, 5.41) is 4.11. The third-order valence-electron chi connectivity index (χ3n) is 3.20. The van der Waals surface area contributed by atoms with Gasteiger partial charge in [-0.25, -0.2) is 9.37 Å². The van der Waals surface area contributed by atoms with Gasteiger partial charge in [-0.1, -0.05) is 59.9 Å². The maximum atomic E-state index is 13.9. The van der Waals surface area contributed by atoms with E-state index in [4.69, 9.17) is 0 Å². The van der Waals surface area contributed by atoms with Crippen molar-refractivity contribution >= 4 is 16.5 Å². The van der Waals surface area contributed by atoms with Crippen molar-refractivity contribution in [3.8, 4) is 10.4 Å². The van der Waals surface area contributed by atoms with E-state index in [1.54, 1.807) is 12.1 Å². The first kappa shape index (κ1) is 13.8. The maximum absolute atomic E-state index is 13.9. The van der Waals surface area contributed by atoms with Gasteiger partial charge in [-0.15, -0.1) is 0 Å². The van der Waals surface area contributed by atoms with Gasteiger partial charge in [-0.05, 0) is 18.6 Å². The van der Waals surface area contributed by atoms with Gasteiger partial charge in [-0.2, -0.15) is 0 Å². The van der Waals surface area contributed by atoms with Crippen LogP contribution >= 0.6 is 11.3 Å². The van der Waals surface area contributed by atoms with Crippen LogP contribution < -0.4 is 5.32 Å². The van der Waals surface area contributed by atoms with Crippen LogP contribution in [0.2, 0.25) is 0 Å². The SMILES string of the molecule is Cc1nc(NCc2ccccc2)sc1-c1ccccc1F. The molecule has 0 radical (unpaired) electrons. The number of thiazole rings is 1. The van der Waals surface area contributed by atoms with Crippen LogP contribution in [0.4, 0.5) is 9.52 Å². The van der Waals surface area contributed by atoms with Crippen LogP contribution in [0.5, 0.6) is 0 Å². The van der Waals surface area contributed by atoms with E-state index < -0.39 is 0 Å². The van der Waals surface area contributed by atoms with E-state index in [1.807, 2.05) is 31.2 Å². The Morgan fingerprint density at radius 3 is 2.52 bits per heavy atom. The number of rotatable bonds is 4. The number of nitrogens with zero attached hydrogens (tertiary/aromatic N) is 1. The molecule has 1 heterocycles. The highest BCUT2D eigenvalue weighted by Crippen LogP contribution is 2.34. The number of nitrogens with one attached hydrogen (secondary N) is 1. The van der Waals surface area contributed by atoms with Crippen LogP contribution in [0.1, 0.15) is 11.3 Å². The Hall–Kier alpha value is -2.20. The summed E-state index contributed by atoms with van der Waals surface area (Å²) in [6, 6.07) is 16.9. The Balaban J connectivity index is 1.80. The van der Waals surface area contributed by atoms with Gasteiger partial charge >= 0.3 is 0 Å². The van der Waals surface area contributed by atoms with Gasteiger partial charge in [0, 0.05) is 12.1 Å². The summed E-state index contributed by atoms with van der Waals surface area (Å²) in [4.78, 5) is 5.36. The van der Waals surface area contributed by atoms with Gasteiger partial charge in [0.1, 0.15) is 5.82 Å². The lowest BCUT2D eigenvalue weighted by atomic mass is 10.1. The van der Waals surface area contributed by atoms with E-state index in [9.17, 15) is 4.39 Å². The molecule has 4 heteroatoms. The Morgan fingerprint density at radius 1 is 1.05 bits per heavy atom. The molecular weight excluding hydrogens is 283 g/mol. The van der Waals surface area contributed by atoms with Gasteiger partial charge in [0.2, 0.25) is 0 Å². The second-order valence-corrected chi connectivity index (χ2v) is 5.75. The van der Waals surface area contributed by atoms with Gasteiger partial charge in [0.05, 0.1) is 10.6 Å². The van der Waals surface area contributed by atoms with Crippen LogP contribution in [0.25, 0.3) is 10.4 Å². The molecule has 3 rings (SSSR count). The number of halogens is 1. The molecule has 2 nitrogen and oxygen atoms in total. The lowest BCUT2D eigenvalue weighted by Crippen LogP contribution is -1.98. The van der Waals surface area contributed by atoms with Crippen LogP contribution in [0.3, 0.4) is 0 Å². The minimum atomic E-state index is -0.209. The number of aryl methyl sites for hydroxylation is 1. The van der Waals surface area contributed by atoms with Gasteiger partial charge in [-0.3, -0.25) is 0 Å². The smallest absolute Gasteiger partial charge is 0.183 e. The van der Waals surface area contributed by atoms with E-state index in [0.29, 0.717) is 12.1 Å². The molecule has 0 aliphatic heterocycles. The van der Waals surface area contributed by atoms with Crippen molar-refractivity contribution in [1.29, 1.82) is 0 Å². The number of hydrogen-bond acceptors (Lipinski definition) is 3. The highest BCUT2D eigenvalue weighted by molar-refractivity contribution is 7.19. The molecule has 0 aliphatic rings. The zero-order valence-corrected chi connectivity index (χ0v) is 12.5. The van der Waals surface area contributed by atoms with Crippen molar-refractivity contribution < 1.29 is 4.39 Å². The summed E-state index contributed by atoms with van der Waals surface area (Å²) in [5.41, 5.74) is 2.65. The first-order valence-electron chi connectivity index (χ1n) is 6.74. The molecule has 1 N–H and O–H groups in total. The fraction of sp³-hybridized carbons (Fsp3) is 0.118. The highest BCUT2D eigenvalue weighted by atomic mass is 32.1. The largest absolute Gasteiger partial charge is 0.357 e. The fourth-order valence-corrected chi connectivity index (χ4v) is 3.13. The summed E-state index contributed by atoms with van der Waals surface area (Å²) in [5.74, 6) is -0.209. The highest BCUT2D eigenvalue weighted by Gasteiger charge is 2.12.